The molecule has 196 valence electrons. The number of unbranched alkanes of at least 4 members (excludes halogenated alkanes) is 1. The molecule has 8 nitrogen and oxygen atoms in total. The average Bonchev–Trinajstić information content (AvgIpc) is 3.46. The van der Waals surface area contributed by atoms with Gasteiger partial charge in [-0.25, -0.2) is 0 Å². The van der Waals surface area contributed by atoms with Crippen molar-refractivity contribution in [3.05, 3.63) is 64.7 Å². The van der Waals surface area contributed by atoms with Crippen molar-refractivity contribution >= 4 is 23.3 Å². The van der Waals surface area contributed by atoms with Crippen molar-refractivity contribution in [1.82, 2.24) is 19.8 Å². The number of phenols is 1. The number of morpholine rings is 1. The van der Waals surface area contributed by atoms with Crippen LogP contribution < -0.4 is 5.32 Å². The minimum absolute atomic E-state index is 0.146. The Labute approximate surface area is 221 Å². The van der Waals surface area contributed by atoms with E-state index in [1.54, 1.807) is 5.38 Å². The SMILES string of the molecule is CC(C)(CCCCC(=O)N1CCOCC1)c1ccc(-c2ccccc2CNC(=O)c2csnn2)c(O)c1. The van der Waals surface area contributed by atoms with E-state index in [-0.39, 0.29) is 23.0 Å². The fraction of sp³-hybridized carbons (Fsp3) is 0.429. The predicted octanol–water partition coefficient (Wildman–Crippen LogP) is 4.54. The molecular formula is C28H34N4O4S. The molecule has 1 aliphatic heterocycles. The van der Waals surface area contributed by atoms with Crippen molar-refractivity contribution in [2.45, 2.75) is 51.5 Å². The second-order valence-corrected chi connectivity index (χ2v) is 10.6. The highest BCUT2D eigenvalue weighted by molar-refractivity contribution is 7.03. The maximum atomic E-state index is 12.4. The molecule has 0 aliphatic carbocycles. The quantitative estimate of drug-likeness (QED) is 0.379. The second kappa shape index (κ2) is 12.3. The first-order valence-corrected chi connectivity index (χ1v) is 13.5. The van der Waals surface area contributed by atoms with E-state index in [1.807, 2.05) is 41.3 Å². The number of hydrogen-bond donors (Lipinski definition) is 2. The summed E-state index contributed by atoms with van der Waals surface area (Å²) >= 11 is 1.13. The van der Waals surface area contributed by atoms with Crippen molar-refractivity contribution in [2.24, 2.45) is 0 Å². The van der Waals surface area contributed by atoms with Crippen LogP contribution in [0, 0.1) is 0 Å². The molecule has 2 N–H and O–H groups in total. The Balaban J connectivity index is 1.37. The van der Waals surface area contributed by atoms with Gasteiger partial charge in [0.25, 0.3) is 5.91 Å². The van der Waals surface area contributed by atoms with Gasteiger partial charge in [0.2, 0.25) is 5.91 Å². The number of ether oxygens (including phenoxy) is 1. The third-order valence-corrected chi connectivity index (χ3v) is 7.43. The van der Waals surface area contributed by atoms with Crippen molar-refractivity contribution in [2.75, 3.05) is 26.3 Å². The van der Waals surface area contributed by atoms with Gasteiger partial charge in [0.15, 0.2) is 5.69 Å². The number of carbonyl (C=O) groups excluding carboxylic acids is 2. The van der Waals surface area contributed by atoms with Gasteiger partial charge in [0.05, 0.1) is 13.2 Å². The summed E-state index contributed by atoms with van der Waals surface area (Å²) in [7, 11) is 0. The molecule has 2 aromatic carbocycles. The lowest BCUT2D eigenvalue weighted by molar-refractivity contribution is -0.135. The molecule has 0 spiro atoms. The second-order valence-electron chi connectivity index (χ2n) is 9.95. The summed E-state index contributed by atoms with van der Waals surface area (Å²) in [6.45, 7) is 7.28. The van der Waals surface area contributed by atoms with Gasteiger partial charge in [-0.05, 0) is 52.5 Å². The summed E-state index contributed by atoms with van der Waals surface area (Å²) in [5, 5.41) is 19.3. The first kappa shape index (κ1) is 26.8. The minimum atomic E-state index is -0.281. The monoisotopic (exact) mass is 522 g/mol. The average molecular weight is 523 g/mol. The summed E-state index contributed by atoms with van der Waals surface area (Å²) in [5.74, 6) is 0.133. The number of carbonyl (C=O) groups is 2. The van der Waals surface area contributed by atoms with Crippen LogP contribution in [0.1, 0.15) is 61.1 Å². The van der Waals surface area contributed by atoms with Crippen molar-refractivity contribution in [1.29, 1.82) is 0 Å². The zero-order valence-electron chi connectivity index (χ0n) is 21.4. The molecule has 4 rings (SSSR count). The molecule has 0 unspecified atom stereocenters. The van der Waals surface area contributed by atoms with Crippen LogP contribution in [0.5, 0.6) is 5.75 Å². The Morgan fingerprint density at radius 3 is 2.62 bits per heavy atom. The van der Waals surface area contributed by atoms with Gasteiger partial charge in [0, 0.05) is 37.0 Å². The molecule has 1 fully saturated rings. The normalized spacial score (nSPS) is 13.9. The molecule has 2 amide bonds. The van der Waals surface area contributed by atoms with Crippen LogP contribution in [-0.2, 0) is 21.5 Å². The molecule has 2 heterocycles. The van der Waals surface area contributed by atoms with Gasteiger partial charge < -0.3 is 20.1 Å². The van der Waals surface area contributed by atoms with E-state index in [9.17, 15) is 14.7 Å². The Kier molecular flexibility index (Phi) is 8.89. The smallest absolute Gasteiger partial charge is 0.273 e. The first-order valence-electron chi connectivity index (χ1n) is 12.7. The van der Waals surface area contributed by atoms with Crippen LogP contribution in [0.25, 0.3) is 11.1 Å². The number of aromatic nitrogens is 2. The molecular weight excluding hydrogens is 488 g/mol. The lowest BCUT2D eigenvalue weighted by Crippen LogP contribution is -2.40. The summed E-state index contributed by atoms with van der Waals surface area (Å²) in [4.78, 5) is 26.6. The van der Waals surface area contributed by atoms with E-state index in [4.69, 9.17) is 4.74 Å². The van der Waals surface area contributed by atoms with E-state index in [0.717, 1.165) is 53.0 Å². The van der Waals surface area contributed by atoms with Crippen molar-refractivity contribution < 1.29 is 19.4 Å². The maximum Gasteiger partial charge on any atom is 0.273 e. The van der Waals surface area contributed by atoms with Gasteiger partial charge in [0.1, 0.15) is 5.75 Å². The zero-order chi connectivity index (χ0) is 26.3. The number of rotatable bonds is 10. The summed E-state index contributed by atoms with van der Waals surface area (Å²) in [6, 6.07) is 13.5. The van der Waals surface area contributed by atoms with Gasteiger partial charge in [-0.15, -0.1) is 5.10 Å². The Bertz CT molecular complexity index is 1210. The number of amides is 2. The highest BCUT2D eigenvalue weighted by Crippen LogP contribution is 2.37. The van der Waals surface area contributed by atoms with Gasteiger partial charge in [-0.1, -0.05) is 61.2 Å². The topological polar surface area (TPSA) is 105 Å². The number of nitrogens with one attached hydrogen (secondary N) is 1. The van der Waals surface area contributed by atoms with Crippen molar-refractivity contribution in [3.63, 3.8) is 0 Å². The van der Waals surface area contributed by atoms with Crippen LogP contribution in [0.3, 0.4) is 0 Å². The highest BCUT2D eigenvalue weighted by Gasteiger charge is 2.23. The number of nitrogens with zero attached hydrogens (tertiary/aromatic N) is 3. The van der Waals surface area contributed by atoms with Crippen LogP contribution >= 0.6 is 11.5 Å². The lowest BCUT2D eigenvalue weighted by Gasteiger charge is -2.28. The van der Waals surface area contributed by atoms with Gasteiger partial charge >= 0.3 is 0 Å². The Hall–Kier alpha value is -3.30. The molecule has 37 heavy (non-hydrogen) atoms. The maximum absolute atomic E-state index is 12.4. The van der Waals surface area contributed by atoms with Crippen molar-refractivity contribution in [3.8, 4) is 16.9 Å². The molecule has 0 atom stereocenters. The third kappa shape index (κ3) is 6.93. The molecule has 0 bridgehead atoms. The number of hydrogen-bond acceptors (Lipinski definition) is 7. The van der Waals surface area contributed by atoms with Crippen LogP contribution in [-0.4, -0.2) is 57.7 Å². The predicted molar refractivity (Wildman–Crippen MR) is 144 cm³/mol. The van der Waals surface area contributed by atoms with E-state index in [1.165, 1.54) is 0 Å². The zero-order valence-corrected chi connectivity index (χ0v) is 22.2. The highest BCUT2D eigenvalue weighted by atomic mass is 32.1. The molecule has 1 aromatic heterocycles. The molecule has 9 heteroatoms. The minimum Gasteiger partial charge on any atom is -0.507 e. The van der Waals surface area contributed by atoms with E-state index >= 15 is 0 Å². The van der Waals surface area contributed by atoms with Crippen LogP contribution in [0.2, 0.25) is 0 Å². The number of phenolic OH excluding ortho intramolecular Hbond substituents is 1. The van der Waals surface area contributed by atoms with Crippen LogP contribution in [0.15, 0.2) is 47.8 Å². The van der Waals surface area contributed by atoms with Crippen LogP contribution in [0.4, 0.5) is 0 Å². The number of aromatic hydroxyl groups is 1. The molecule has 3 aromatic rings. The fourth-order valence-electron chi connectivity index (χ4n) is 4.61. The largest absolute Gasteiger partial charge is 0.507 e. The van der Waals surface area contributed by atoms with Gasteiger partial charge in [-0.3, -0.25) is 9.59 Å². The lowest BCUT2D eigenvalue weighted by atomic mass is 9.79. The third-order valence-electron chi connectivity index (χ3n) is 6.93. The van der Waals surface area contributed by atoms with E-state index < -0.39 is 0 Å². The first-order chi connectivity index (χ1) is 17.8. The molecule has 0 saturated carbocycles. The Morgan fingerprint density at radius 2 is 1.89 bits per heavy atom. The van der Waals surface area contributed by atoms with E-state index in [2.05, 4.69) is 34.8 Å². The fourth-order valence-corrected chi connectivity index (χ4v) is 5.04. The standard InChI is InChI=1S/C28H34N4O4S/c1-28(2,12-6-5-9-26(34)32-13-15-36-16-14-32)21-10-11-23(25(33)17-21)22-8-4-3-7-20(22)18-29-27(35)24-19-37-31-30-24/h3-4,7-8,10-11,17,19,33H,5-6,9,12-16,18H2,1-2H3,(H,29,35). The summed E-state index contributed by atoms with van der Waals surface area (Å²) in [6.07, 6.45) is 3.26. The Morgan fingerprint density at radius 1 is 1.11 bits per heavy atom. The molecule has 1 aliphatic rings. The van der Waals surface area contributed by atoms with E-state index in [0.29, 0.717) is 45.0 Å². The van der Waals surface area contributed by atoms with Gasteiger partial charge in [-0.2, -0.15) is 0 Å². The molecule has 1 saturated heterocycles. The number of benzene rings is 2. The summed E-state index contributed by atoms with van der Waals surface area (Å²) < 4.78 is 9.05. The summed E-state index contributed by atoms with van der Waals surface area (Å²) in [5.41, 5.74) is 3.68. The molecule has 0 radical (unpaired) electrons.